The van der Waals surface area contributed by atoms with E-state index >= 15 is 0 Å². The van der Waals surface area contributed by atoms with Crippen molar-refractivity contribution in [3.8, 4) is 0 Å². The van der Waals surface area contributed by atoms with E-state index in [-0.39, 0.29) is 0 Å². The fourth-order valence-corrected chi connectivity index (χ4v) is 6.22. The van der Waals surface area contributed by atoms with Gasteiger partial charge in [0.1, 0.15) is 0 Å². The molecule has 2 aromatic carbocycles. The van der Waals surface area contributed by atoms with Gasteiger partial charge in [-0.25, -0.2) is 0 Å². The molecule has 4 rings (SSSR count). The summed E-state index contributed by atoms with van der Waals surface area (Å²) in [5.41, 5.74) is 8.33. The first-order chi connectivity index (χ1) is 23.8. The molecule has 1 aromatic heterocycles. The number of aryl methyl sites for hydroxylation is 2. The van der Waals surface area contributed by atoms with Crippen LogP contribution in [0.4, 0.5) is 0 Å². The Labute approximate surface area is 303 Å². The molecule has 49 heavy (non-hydrogen) atoms. The van der Waals surface area contributed by atoms with Gasteiger partial charge in [-0.15, -0.1) is 13.2 Å². The second-order valence-electron chi connectivity index (χ2n) is 12.9. The van der Waals surface area contributed by atoms with Gasteiger partial charge in [-0.05, 0) is 113 Å². The minimum Gasteiger partial charge on any atom is -0.385 e. The number of aromatic amines is 1. The van der Waals surface area contributed by atoms with Gasteiger partial charge in [0, 0.05) is 36.9 Å². The zero-order valence-corrected chi connectivity index (χ0v) is 33.6. The van der Waals surface area contributed by atoms with Crippen molar-refractivity contribution >= 4 is 10.9 Å². The molecule has 1 aliphatic rings. The van der Waals surface area contributed by atoms with E-state index in [0.29, 0.717) is 12.0 Å². The van der Waals surface area contributed by atoms with Crippen LogP contribution in [0.25, 0.3) is 10.9 Å². The second-order valence-corrected chi connectivity index (χ2v) is 12.9. The van der Waals surface area contributed by atoms with Gasteiger partial charge in [0.15, 0.2) is 0 Å². The number of ether oxygens (including phenoxy) is 1. The summed E-state index contributed by atoms with van der Waals surface area (Å²) in [6.45, 7) is 29.1. The average molecular weight is 674 g/mol. The number of benzene rings is 2. The molecule has 0 saturated carbocycles. The van der Waals surface area contributed by atoms with Crippen LogP contribution in [-0.2, 0) is 17.6 Å². The molecule has 0 amide bonds. The van der Waals surface area contributed by atoms with Crippen LogP contribution in [0.15, 0.2) is 79.9 Å². The van der Waals surface area contributed by atoms with Gasteiger partial charge < -0.3 is 15.0 Å². The topological polar surface area (TPSA) is 40.3 Å². The lowest BCUT2D eigenvalue weighted by Gasteiger charge is -2.33. The number of likely N-dealkylation sites (N-methyl/N-ethyl adjacent to an activating group) is 1. The highest BCUT2D eigenvalue weighted by Crippen LogP contribution is 2.38. The summed E-state index contributed by atoms with van der Waals surface area (Å²) in [6.07, 6.45) is 17.0. The highest BCUT2D eigenvalue weighted by molar-refractivity contribution is 5.86. The standard InChI is InChI=1S/C28H39N3O.C11H20.2C2H6.C2H4/c1-21-9-14-26-25(20-21)24-15-18-31(2)28(27(24)30-26)23-12-10-22(11-13-23)8-5-4-6-16-29-17-7-19-32-3;1-5-6-7-8-11(4)9-10(2)3;3*1-2/h9-14,20,28-30H,4-8,15-19H2,1-3H3;5-8,10-11H,9H2,1-4H3;2*1-2H3;1-2H2/b;6-5-,8-7-;;;. The predicted octanol–water partition coefficient (Wildman–Crippen LogP) is 12.0. The molecule has 0 radical (unpaired) electrons. The van der Waals surface area contributed by atoms with E-state index in [2.05, 4.69) is 130 Å². The molecule has 0 bridgehead atoms. The number of aromatic nitrogens is 1. The SMILES string of the molecule is C/C=C\C=C/C(C)CC(C)C.C=C.CC.CC.COCCCNCCCCCc1ccc(C2c3[nH]c4ccc(C)cc4c3CCN2C)cc1. The van der Waals surface area contributed by atoms with Gasteiger partial charge in [0.2, 0.25) is 0 Å². The maximum Gasteiger partial charge on any atom is 0.0754 e. The van der Waals surface area contributed by atoms with Crippen LogP contribution in [0, 0.1) is 18.8 Å². The summed E-state index contributed by atoms with van der Waals surface area (Å²) >= 11 is 0. The lowest BCUT2D eigenvalue weighted by molar-refractivity contribution is 0.194. The van der Waals surface area contributed by atoms with Gasteiger partial charge >= 0.3 is 0 Å². The number of rotatable bonds is 15. The molecule has 4 nitrogen and oxygen atoms in total. The summed E-state index contributed by atoms with van der Waals surface area (Å²) in [6, 6.07) is 16.5. The average Bonchev–Trinajstić information content (AvgIpc) is 3.48. The smallest absolute Gasteiger partial charge is 0.0754 e. The Balaban J connectivity index is 0.00000115. The van der Waals surface area contributed by atoms with Crippen LogP contribution < -0.4 is 5.32 Å². The minimum atomic E-state index is 0.310. The first kappa shape index (κ1) is 46.1. The molecule has 2 heterocycles. The molecule has 2 atom stereocenters. The van der Waals surface area contributed by atoms with Crippen molar-refractivity contribution in [3.63, 3.8) is 0 Å². The van der Waals surface area contributed by atoms with Gasteiger partial charge in [0.25, 0.3) is 0 Å². The van der Waals surface area contributed by atoms with Crippen molar-refractivity contribution in [2.75, 3.05) is 40.4 Å². The molecule has 0 aliphatic carbocycles. The Morgan fingerprint density at radius 1 is 0.939 bits per heavy atom. The Morgan fingerprint density at radius 3 is 2.24 bits per heavy atom. The number of methoxy groups -OCH3 is 1. The van der Waals surface area contributed by atoms with E-state index in [9.17, 15) is 0 Å². The van der Waals surface area contributed by atoms with E-state index in [0.717, 1.165) is 45.0 Å². The lowest BCUT2D eigenvalue weighted by atomic mass is 9.92. The van der Waals surface area contributed by atoms with Crippen LogP contribution in [0.3, 0.4) is 0 Å². The Bertz CT molecular complexity index is 1270. The normalized spacial score (nSPS) is 14.6. The van der Waals surface area contributed by atoms with Crippen molar-refractivity contribution in [2.24, 2.45) is 11.8 Å². The number of hydrogen-bond donors (Lipinski definition) is 2. The van der Waals surface area contributed by atoms with Crippen LogP contribution in [0.1, 0.15) is 121 Å². The van der Waals surface area contributed by atoms with Gasteiger partial charge in [0.05, 0.1) is 6.04 Å². The molecule has 0 spiro atoms. The van der Waals surface area contributed by atoms with Gasteiger partial charge in [-0.3, -0.25) is 4.90 Å². The summed E-state index contributed by atoms with van der Waals surface area (Å²) < 4.78 is 5.08. The van der Waals surface area contributed by atoms with Crippen molar-refractivity contribution in [1.29, 1.82) is 0 Å². The third-order valence-corrected chi connectivity index (χ3v) is 8.43. The molecular weight excluding hydrogens is 599 g/mol. The number of nitrogens with zero attached hydrogens (tertiary/aromatic N) is 1. The number of hydrogen-bond acceptors (Lipinski definition) is 3. The third-order valence-electron chi connectivity index (χ3n) is 8.43. The zero-order valence-electron chi connectivity index (χ0n) is 33.6. The van der Waals surface area contributed by atoms with E-state index in [1.54, 1.807) is 7.11 Å². The van der Waals surface area contributed by atoms with E-state index in [1.165, 1.54) is 71.0 Å². The van der Waals surface area contributed by atoms with Crippen molar-refractivity contribution in [2.45, 2.75) is 113 Å². The molecule has 3 aromatic rings. The predicted molar refractivity (Wildman–Crippen MR) is 221 cm³/mol. The van der Waals surface area contributed by atoms with Crippen LogP contribution in [-0.4, -0.2) is 50.3 Å². The summed E-state index contributed by atoms with van der Waals surface area (Å²) in [5.74, 6) is 1.52. The number of nitrogens with one attached hydrogen (secondary N) is 2. The summed E-state index contributed by atoms with van der Waals surface area (Å²) in [7, 11) is 4.02. The van der Waals surface area contributed by atoms with E-state index in [4.69, 9.17) is 4.74 Å². The maximum atomic E-state index is 5.08. The molecule has 2 unspecified atom stereocenters. The fraction of sp³-hybridized carbons (Fsp3) is 0.556. The first-order valence-corrected chi connectivity index (χ1v) is 19.2. The fourth-order valence-electron chi connectivity index (χ4n) is 6.22. The number of unbranched alkanes of at least 4 members (excludes halogenated alkanes) is 2. The van der Waals surface area contributed by atoms with E-state index in [1.807, 2.05) is 34.6 Å². The molecule has 276 valence electrons. The minimum absolute atomic E-state index is 0.310. The quantitative estimate of drug-likeness (QED) is 0.0958. The highest BCUT2D eigenvalue weighted by Gasteiger charge is 2.29. The van der Waals surface area contributed by atoms with Crippen LogP contribution in [0.2, 0.25) is 0 Å². The monoisotopic (exact) mass is 674 g/mol. The summed E-state index contributed by atoms with van der Waals surface area (Å²) in [4.78, 5) is 6.24. The van der Waals surface area contributed by atoms with Crippen molar-refractivity contribution < 1.29 is 4.74 Å². The third kappa shape index (κ3) is 17.5. The van der Waals surface area contributed by atoms with Gasteiger partial charge in [-0.2, -0.15) is 0 Å². The number of H-pyrrole nitrogens is 1. The van der Waals surface area contributed by atoms with Crippen LogP contribution >= 0.6 is 0 Å². The van der Waals surface area contributed by atoms with Crippen molar-refractivity contribution in [3.05, 3.63) is 108 Å². The summed E-state index contributed by atoms with van der Waals surface area (Å²) in [5, 5.41) is 4.91. The maximum absolute atomic E-state index is 5.08. The second kappa shape index (κ2) is 28.9. The highest BCUT2D eigenvalue weighted by atomic mass is 16.5. The molecule has 2 N–H and O–H groups in total. The van der Waals surface area contributed by atoms with Crippen molar-refractivity contribution in [1.82, 2.24) is 15.2 Å². The molecule has 0 fully saturated rings. The Kier molecular flexibility index (Phi) is 27.2. The Hall–Kier alpha value is -2.92. The van der Waals surface area contributed by atoms with Crippen LogP contribution in [0.5, 0.6) is 0 Å². The largest absolute Gasteiger partial charge is 0.385 e. The first-order valence-electron chi connectivity index (χ1n) is 19.2. The molecule has 0 saturated heterocycles. The van der Waals surface area contributed by atoms with Gasteiger partial charge in [-0.1, -0.05) is 115 Å². The lowest BCUT2D eigenvalue weighted by Crippen LogP contribution is -2.32. The molecule has 4 heteroatoms. The Morgan fingerprint density at radius 2 is 1.61 bits per heavy atom. The number of allylic oxidation sites excluding steroid dienone is 4. The number of fused-ring (bicyclic) bond motifs is 3. The molecule has 1 aliphatic heterocycles. The van der Waals surface area contributed by atoms with E-state index < -0.39 is 0 Å². The molecular formula is C45H75N3O. The zero-order chi connectivity index (χ0) is 37.0.